The minimum atomic E-state index is -0.235. The van der Waals surface area contributed by atoms with Crippen LogP contribution in [0.25, 0.3) is 11.4 Å². The minimum Gasteiger partial charge on any atom is -0.311 e. The van der Waals surface area contributed by atoms with Gasteiger partial charge in [0.25, 0.3) is 0 Å². The first-order valence-corrected chi connectivity index (χ1v) is 5.95. The number of nitrogens with zero attached hydrogens (tertiary/aromatic N) is 3. The van der Waals surface area contributed by atoms with Gasteiger partial charge in [0.2, 0.25) is 0 Å². The molecule has 1 aliphatic heterocycles. The first-order valence-electron chi connectivity index (χ1n) is 5.95. The van der Waals surface area contributed by atoms with E-state index < -0.39 is 0 Å². The number of aromatic nitrogens is 3. The summed E-state index contributed by atoms with van der Waals surface area (Å²) in [5.41, 5.74) is 0.542. The van der Waals surface area contributed by atoms with Crippen molar-refractivity contribution in [3.63, 3.8) is 0 Å². The zero-order valence-electron chi connectivity index (χ0n) is 9.73. The predicted octanol–water partition coefficient (Wildman–Crippen LogP) is 2.98. The number of halogens is 1. The molecule has 0 saturated carbocycles. The van der Waals surface area contributed by atoms with Gasteiger partial charge in [-0.05, 0) is 25.0 Å². The van der Waals surface area contributed by atoms with Crippen LogP contribution >= 0.6 is 0 Å². The van der Waals surface area contributed by atoms with E-state index in [0.29, 0.717) is 17.3 Å². The molecule has 1 atom stereocenters. The van der Waals surface area contributed by atoms with E-state index in [2.05, 4.69) is 17.1 Å². The summed E-state index contributed by atoms with van der Waals surface area (Å²) in [5, 5.41) is 8.35. The average molecular weight is 231 g/mol. The van der Waals surface area contributed by atoms with Gasteiger partial charge in [-0.1, -0.05) is 19.1 Å². The molecule has 0 amide bonds. The summed E-state index contributed by atoms with van der Waals surface area (Å²) in [7, 11) is 0. The fourth-order valence-electron chi connectivity index (χ4n) is 2.43. The maximum atomic E-state index is 13.7. The normalized spacial score (nSPS) is 19.1. The van der Waals surface area contributed by atoms with Crippen LogP contribution in [0.3, 0.4) is 0 Å². The van der Waals surface area contributed by atoms with E-state index in [-0.39, 0.29) is 5.82 Å². The SMILES string of the molecule is CC1CCCn2c(-c3ccccc3F)nnc21. The molecule has 0 saturated heterocycles. The lowest BCUT2D eigenvalue weighted by atomic mass is 10.0. The van der Waals surface area contributed by atoms with Gasteiger partial charge in [0.15, 0.2) is 5.82 Å². The molecule has 3 rings (SSSR count). The van der Waals surface area contributed by atoms with Crippen LogP contribution in [0, 0.1) is 5.82 Å². The molecule has 1 aromatic carbocycles. The van der Waals surface area contributed by atoms with Crippen molar-refractivity contribution < 1.29 is 4.39 Å². The number of rotatable bonds is 1. The smallest absolute Gasteiger partial charge is 0.166 e. The second-order valence-corrected chi connectivity index (χ2v) is 4.56. The van der Waals surface area contributed by atoms with Crippen molar-refractivity contribution in [3.8, 4) is 11.4 Å². The van der Waals surface area contributed by atoms with E-state index in [1.807, 2.05) is 10.6 Å². The Kier molecular flexibility index (Phi) is 2.42. The van der Waals surface area contributed by atoms with Crippen molar-refractivity contribution in [2.45, 2.75) is 32.2 Å². The molecule has 2 aromatic rings. The first kappa shape index (κ1) is 10.4. The van der Waals surface area contributed by atoms with Crippen molar-refractivity contribution in [1.29, 1.82) is 0 Å². The molecule has 1 unspecified atom stereocenters. The van der Waals surface area contributed by atoms with E-state index in [1.54, 1.807) is 12.1 Å². The van der Waals surface area contributed by atoms with Crippen LogP contribution in [-0.2, 0) is 6.54 Å². The summed E-state index contributed by atoms with van der Waals surface area (Å²) < 4.78 is 15.8. The number of hydrogen-bond acceptors (Lipinski definition) is 2. The highest BCUT2D eigenvalue weighted by Gasteiger charge is 2.23. The van der Waals surface area contributed by atoms with Crippen LogP contribution in [0.5, 0.6) is 0 Å². The van der Waals surface area contributed by atoms with Crippen LogP contribution in [0.4, 0.5) is 4.39 Å². The monoisotopic (exact) mass is 231 g/mol. The molecule has 88 valence electrons. The number of fused-ring (bicyclic) bond motifs is 1. The van der Waals surface area contributed by atoms with Crippen LogP contribution in [-0.4, -0.2) is 14.8 Å². The molecule has 2 heterocycles. The third-order valence-electron chi connectivity index (χ3n) is 3.35. The van der Waals surface area contributed by atoms with E-state index >= 15 is 0 Å². The van der Waals surface area contributed by atoms with Crippen LogP contribution in [0.2, 0.25) is 0 Å². The molecular formula is C13H14FN3. The third-order valence-corrected chi connectivity index (χ3v) is 3.35. The summed E-state index contributed by atoms with van der Waals surface area (Å²) in [6.45, 7) is 3.03. The largest absolute Gasteiger partial charge is 0.311 e. The Morgan fingerprint density at radius 1 is 1.29 bits per heavy atom. The lowest BCUT2D eigenvalue weighted by Crippen LogP contribution is -2.15. The molecule has 0 bridgehead atoms. The van der Waals surface area contributed by atoms with Crippen molar-refractivity contribution in [2.24, 2.45) is 0 Å². The summed E-state index contributed by atoms with van der Waals surface area (Å²) >= 11 is 0. The van der Waals surface area contributed by atoms with Crippen LogP contribution < -0.4 is 0 Å². The molecule has 3 nitrogen and oxygen atoms in total. The van der Waals surface area contributed by atoms with Crippen molar-refractivity contribution in [2.75, 3.05) is 0 Å². The second kappa shape index (κ2) is 3.95. The Morgan fingerprint density at radius 3 is 2.94 bits per heavy atom. The van der Waals surface area contributed by atoms with Gasteiger partial charge in [0.1, 0.15) is 11.6 Å². The summed E-state index contributed by atoms with van der Waals surface area (Å²) in [6.07, 6.45) is 2.24. The van der Waals surface area contributed by atoms with E-state index in [0.717, 1.165) is 25.2 Å². The van der Waals surface area contributed by atoms with Gasteiger partial charge in [-0.3, -0.25) is 0 Å². The fraction of sp³-hybridized carbons (Fsp3) is 0.385. The molecule has 4 heteroatoms. The molecule has 0 radical (unpaired) electrons. The number of benzene rings is 1. The molecule has 0 aliphatic carbocycles. The highest BCUT2D eigenvalue weighted by Crippen LogP contribution is 2.30. The summed E-state index contributed by atoms with van der Waals surface area (Å²) in [6, 6.07) is 6.73. The average Bonchev–Trinajstić information content (AvgIpc) is 2.75. The minimum absolute atomic E-state index is 0.235. The lowest BCUT2D eigenvalue weighted by molar-refractivity contribution is 0.465. The fourth-order valence-corrected chi connectivity index (χ4v) is 2.43. The summed E-state index contributed by atoms with van der Waals surface area (Å²) in [5.74, 6) is 1.82. The van der Waals surface area contributed by atoms with Gasteiger partial charge in [-0.25, -0.2) is 4.39 Å². The van der Waals surface area contributed by atoms with Crippen molar-refractivity contribution in [3.05, 3.63) is 35.9 Å². The Bertz CT molecular complexity index is 547. The van der Waals surface area contributed by atoms with E-state index in [1.165, 1.54) is 6.07 Å². The Hall–Kier alpha value is -1.71. The molecule has 0 N–H and O–H groups in total. The van der Waals surface area contributed by atoms with Gasteiger partial charge >= 0.3 is 0 Å². The van der Waals surface area contributed by atoms with E-state index in [9.17, 15) is 4.39 Å². The Balaban J connectivity index is 2.14. The quantitative estimate of drug-likeness (QED) is 0.755. The second-order valence-electron chi connectivity index (χ2n) is 4.56. The van der Waals surface area contributed by atoms with Crippen molar-refractivity contribution >= 4 is 0 Å². The van der Waals surface area contributed by atoms with Crippen LogP contribution in [0.1, 0.15) is 31.5 Å². The first-order chi connectivity index (χ1) is 8.27. The molecule has 0 spiro atoms. The van der Waals surface area contributed by atoms with Gasteiger partial charge in [-0.2, -0.15) is 0 Å². The van der Waals surface area contributed by atoms with Gasteiger partial charge in [0, 0.05) is 12.5 Å². The molecule has 0 fully saturated rings. The lowest BCUT2D eigenvalue weighted by Gasteiger charge is -2.20. The summed E-state index contributed by atoms with van der Waals surface area (Å²) in [4.78, 5) is 0. The highest BCUT2D eigenvalue weighted by atomic mass is 19.1. The third kappa shape index (κ3) is 1.64. The van der Waals surface area contributed by atoms with Gasteiger partial charge in [-0.15, -0.1) is 10.2 Å². The standard InChI is InChI=1S/C13H14FN3/c1-9-5-4-8-17-12(9)15-16-13(17)10-6-2-3-7-11(10)14/h2-3,6-7,9H,4-5,8H2,1H3. The highest BCUT2D eigenvalue weighted by molar-refractivity contribution is 5.56. The topological polar surface area (TPSA) is 30.7 Å². The molecule has 1 aromatic heterocycles. The van der Waals surface area contributed by atoms with E-state index in [4.69, 9.17) is 0 Å². The molecule has 1 aliphatic rings. The number of hydrogen-bond donors (Lipinski definition) is 0. The van der Waals surface area contributed by atoms with Gasteiger partial charge < -0.3 is 4.57 Å². The van der Waals surface area contributed by atoms with Crippen molar-refractivity contribution in [1.82, 2.24) is 14.8 Å². The Labute approximate surface area is 99.3 Å². The molecular weight excluding hydrogens is 217 g/mol. The maximum Gasteiger partial charge on any atom is 0.166 e. The maximum absolute atomic E-state index is 13.7. The van der Waals surface area contributed by atoms with Crippen LogP contribution in [0.15, 0.2) is 24.3 Å². The Morgan fingerprint density at radius 2 is 2.12 bits per heavy atom. The zero-order valence-corrected chi connectivity index (χ0v) is 9.73. The predicted molar refractivity (Wildman–Crippen MR) is 63.1 cm³/mol. The van der Waals surface area contributed by atoms with Gasteiger partial charge in [0.05, 0.1) is 5.56 Å². The zero-order chi connectivity index (χ0) is 11.8. The molecule has 17 heavy (non-hydrogen) atoms.